The van der Waals surface area contributed by atoms with Gasteiger partial charge in [-0.05, 0) is 30.2 Å². The van der Waals surface area contributed by atoms with E-state index in [1.54, 1.807) is 19.1 Å². The van der Waals surface area contributed by atoms with Gasteiger partial charge in [0.1, 0.15) is 5.75 Å². The van der Waals surface area contributed by atoms with Gasteiger partial charge >= 0.3 is 6.03 Å². The predicted molar refractivity (Wildman–Crippen MR) is 90.7 cm³/mol. The lowest BCUT2D eigenvalue weighted by Gasteiger charge is -2.23. The van der Waals surface area contributed by atoms with Crippen LogP contribution in [0.1, 0.15) is 18.1 Å². The van der Waals surface area contributed by atoms with Crippen LogP contribution in [0.5, 0.6) is 5.75 Å². The van der Waals surface area contributed by atoms with Gasteiger partial charge in [-0.1, -0.05) is 36.4 Å². The second kappa shape index (κ2) is 7.04. The highest BCUT2D eigenvalue weighted by Crippen LogP contribution is 2.30. The number of anilines is 1. The summed E-state index contributed by atoms with van der Waals surface area (Å²) in [6.07, 6.45) is -0.495. The fourth-order valence-electron chi connectivity index (χ4n) is 2.39. The second-order valence-electron chi connectivity index (χ2n) is 5.60. The molecule has 0 aliphatic carbocycles. The highest BCUT2D eigenvalue weighted by atomic mass is 16.5. The van der Waals surface area contributed by atoms with Crippen LogP contribution in [0.2, 0.25) is 0 Å². The van der Waals surface area contributed by atoms with Crippen molar-refractivity contribution < 1.29 is 14.3 Å². The molecule has 0 aromatic heterocycles. The summed E-state index contributed by atoms with van der Waals surface area (Å²) in [6, 6.07) is 14.9. The molecule has 1 unspecified atom stereocenters. The molecule has 0 fully saturated rings. The third-order valence-corrected chi connectivity index (χ3v) is 3.72. The Kier molecular flexibility index (Phi) is 4.65. The molecule has 3 amide bonds. The van der Waals surface area contributed by atoms with E-state index in [0.717, 1.165) is 11.1 Å². The topological polar surface area (TPSA) is 79.5 Å². The van der Waals surface area contributed by atoms with Gasteiger partial charge in [0, 0.05) is 13.1 Å². The number of rotatable bonds is 4. The van der Waals surface area contributed by atoms with Gasteiger partial charge in [0.05, 0.1) is 5.69 Å². The number of carbonyl (C=O) groups is 2. The number of ether oxygens (including phenoxy) is 1. The zero-order valence-electron chi connectivity index (χ0n) is 13.3. The van der Waals surface area contributed by atoms with E-state index < -0.39 is 6.10 Å². The van der Waals surface area contributed by atoms with Gasteiger partial charge in [-0.2, -0.15) is 0 Å². The van der Waals surface area contributed by atoms with Crippen molar-refractivity contribution in [2.75, 3.05) is 5.32 Å². The summed E-state index contributed by atoms with van der Waals surface area (Å²) in [6.45, 7) is 2.53. The van der Waals surface area contributed by atoms with Gasteiger partial charge in [-0.3, -0.25) is 4.79 Å². The van der Waals surface area contributed by atoms with Crippen molar-refractivity contribution in [1.29, 1.82) is 0 Å². The van der Waals surface area contributed by atoms with Crippen LogP contribution in [0.3, 0.4) is 0 Å². The summed E-state index contributed by atoms with van der Waals surface area (Å²) in [5, 5.41) is 8.38. The van der Waals surface area contributed by atoms with Gasteiger partial charge in [-0.15, -0.1) is 0 Å². The van der Waals surface area contributed by atoms with Crippen LogP contribution in [0.4, 0.5) is 10.5 Å². The highest BCUT2D eigenvalue weighted by Gasteiger charge is 2.23. The van der Waals surface area contributed by atoms with E-state index in [4.69, 9.17) is 4.74 Å². The minimum Gasteiger partial charge on any atom is -0.479 e. The number of nitrogens with one attached hydrogen (secondary N) is 3. The van der Waals surface area contributed by atoms with E-state index >= 15 is 0 Å². The van der Waals surface area contributed by atoms with E-state index in [1.165, 1.54) is 0 Å². The summed E-state index contributed by atoms with van der Waals surface area (Å²) in [5.41, 5.74) is 2.54. The maximum absolute atomic E-state index is 11.9. The molecule has 0 saturated heterocycles. The SMILES string of the molecule is CC1Oc2ccc(CNC(=O)NCc3ccccc3)cc2NC1=O. The zero-order valence-corrected chi connectivity index (χ0v) is 13.3. The van der Waals surface area contributed by atoms with Gasteiger partial charge in [-0.25, -0.2) is 4.79 Å². The van der Waals surface area contributed by atoms with Crippen LogP contribution < -0.4 is 20.7 Å². The molecule has 6 nitrogen and oxygen atoms in total. The van der Waals surface area contributed by atoms with Gasteiger partial charge in [0.2, 0.25) is 0 Å². The standard InChI is InChI=1S/C18H19N3O3/c1-12-17(22)21-15-9-14(7-8-16(15)24-12)11-20-18(23)19-10-13-5-3-2-4-6-13/h2-9,12H,10-11H2,1H3,(H,21,22)(H2,19,20,23). The fraction of sp³-hybridized carbons (Fsp3) is 0.222. The number of hydrogen-bond donors (Lipinski definition) is 3. The van der Waals surface area contributed by atoms with Crippen LogP contribution in [-0.4, -0.2) is 18.0 Å². The summed E-state index contributed by atoms with van der Waals surface area (Å²) in [4.78, 5) is 23.5. The first-order valence-electron chi connectivity index (χ1n) is 7.78. The molecule has 1 aliphatic heterocycles. The molecule has 124 valence electrons. The predicted octanol–water partition coefficient (Wildman–Crippen LogP) is 2.41. The lowest BCUT2D eigenvalue weighted by molar-refractivity contribution is -0.122. The Morgan fingerprint density at radius 2 is 1.79 bits per heavy atom. The minimum atomic E-state index is -0.495. The molecular formula is C18H19N3O3. The van der Waals surface area contributed by atoms with E-state index in [2.05, 4.69) is 16.0 Å². The Balaban J connectivity index is 1.52. The van der Waals surface area contributed by atoms with Crippen LogP contribution in [0.15, 0.2) is 48.5 Å². The second-order valence-corrected chi connectivity index (χ2v) is 5.60. The smallest absolute Gasteiger partial charge is 0.315 e. The Labute approximate surface area is 140 Å². The first-order valence-corrected chi connectivity index (χ1v) is 7.78. The lowest BCUT2D eigenvalue weighted by atomic mass is 10.1. The Morgan fingerprint density at radius 3 is 2.54 bits per heavy atom. The van der Waals surface area contributed by atoms with Gasteiger partial charge in [0.15, 0.2) is 6.10 Å². The van der Waals surface area contributed by atoms with Gasteiger partial charge in [0.25, 0.3) is 5.91 Å². The number of benzene rings is 2. The molecule has 24 heavy (non-hydrogen) atoms. The maximum Gasteiger partial charge on any atom is 0.315 e. The third-order valence-electron chi connectivity index (χ3n) is 3.72. The molecule has 6 heteroatoms. The zero-order chi connectivity index (χ0) is 16.9. The number of carbonyl (C=O) groups excluding carboxylic acids is 2. The third kappa shape index (κ3) is 3.84. The normalized spacial score (nSPS) is 15.7. The number of urea groups is 1. The molecule has 0 radical (unpaired) electrons. The fourth-order valence-corrected chi connectivity index (χ4v) is 2.39. The number of amides is 3. The van der Waals surface area contributed by atoms with Crippen molar-refractivity contribution >= 4 is 17.6 Å². The Morgan fingerprint density at radius 1 is 1.08 bits per heavy atom. The summed E-state index contributed by atoms with van der Waals surface area (Å²) in [7, 11) is 0. The Hall–Kier alpha value is -3.02. The molecule has 0 saturated carbocycles. The van der Waals surface area contributed by atoms with Crippen LogP contribution in [0.25, 0.3) is 0 Å². The maximum atomic E-state index is 11.9. The molecule has 2 aromatic rings. The van der Waals surface area contributed by atoms with E-state index in [-0.39, 0.29) is 11.9 Å². The van der Waals surface area contributed by atoms with Crippen molar-refractivity contribution in [3.8, 4) is 5.75 Å². The van der Waals surface area contributed by atoms with Gasteiger partial charge < -0.3 is 20.7 Å². The van der Waals surface area contributed by atoms with Crippen molar-refractivity contribution in [1.82, 2.24) is 10.6 Å². The molecule has 1 aliphatic rings. The molecule has 3 rings (SSSR count). The first-order chi connectivity index (χ1) is 11.6. The number of fused-ring (bicyclic) bond motifs is 1. The average Bonchev–Trinajstić information content (AvgIpc) is 2.60. The van der Waals surface area contributed by atoms with E-state index in [9.17, 15) is 9.59 Å². The van der Waals surface area contributed by atoms with Crippen LogP contribution >= 0.6 is 0 Å². The largest absolute Gasteiger partial charge is 0.479 e. The molecule has 1 heterocycles. The van der Waals surface area contributed by atoms with Crippen LogP contribution in [-0.2, 0) is 17.9 Å². The molecule has 2 aromatic carbocycles. The molecule has 0 spiro atoms. The number of hydrogen-bond acceptors (Lipinski definition) is 3. The summed E-state index contributed by atoms with van der Waals surface area (Å²) >= 11 is 0. The molecule has 3 N–H and O–H groups in total. The van der Waals surface area contributed by atoms with Crippen LogP contribution in [0, 0.1) is 0 Å². The Bertz CT molecular complexity index is 746. The minimum absolute atomic E-state index is 0.173. The summed E-state index contributed by atoms with van der Waals surface area (Å²) in [5.74, 6) is 0.465. The first kappa shape index (κ1) is 15.9. The van der Waals surface area contributed by atoms with Crippen molar-refractivity contribution in [2.24, 2.45) is 0 Å². The molecule has 1 atom stereocenters. The van der Waals surface area contributed by atoms with Crippen molar-refractivity contribution in [2.45, 2.75) is 26.1 Å². The quantitative estimate of drug-likeness (QED) is 0.807. The lowest BCUT2D eigenvalue weighted by Crippen LogP contribution is -2.35. The molecule has 0 bridgehead atoms. The monoisotopic (exact) mass is 325 g/mol. The summed E-state index contributed by atoms with van der Waals surface area (Å²) < 4.78 is 5.50. The van der Waals surface area contributed by atoms with E-state index in [1.807, 2.05) is 36.4 Å². The van der Waals surface area contributed by atoms with E-state index in [0.29, 0.717) is 24.5 Å². The molecular weight excluding hydrogens is 306 g/mol. The highest BCUT2D eigenvalue weighted by molar-refractivity contribution is 5.97. The van der Waals surface area contributed by atoms with Crippen molar-refractivity contribution in [3.63, 3.8) is 0 Å². The average molecular weight is 325 g/mol. The van der Waals surface area contributed by atoms with Crippen molar-refractivity contribution in [3.05, 3.63) is 59.7 Å².